The maximum atomic E-state index is 13.1. The van der Waals surface area contributed by atoms with Crippen molar-refractivity contribution in [1.29, 1.82) is 0 Å². The third-order valence-corrected chi connectivity index (χ3v) is 5.86. The molecular formula is C23H29F3N4O2. The van der Waals surface area contributed by atoms with Crippen LogP contribution in [0, 0.1) is 13.8 Å². The third-order valence-electron chi connectivity index (χ3n) is 5.86. The number of rotatable bonds is 3. The van der Waals surface area contributed by atoms with Gasteiger partial charge in [-0.25, -0.2) is 4.68 Å². The first-order valence-corrected chi connectivity index (χ1v) is 10.6. The predicted octanol–water partition coefficient (Wildman–Crippen LogP) is 4.02. The van der Waals surface area contributed by atoms with Crippen LogP contribution in [0.1, 0.15) is 54.5 Å². The van der Waals surface area contributed by atoms with E-state index in [9.17, 15) is 22.8 Å². The van der Waals surface area contributed by atoms with Crippen molar-refractivity contribution in [2.45, 2.75) is 52.8 Å². The van der Waals surface area contributed by atoms with Crippen molar-refractivity contribution < 1.29 is 22.8 Å². The van der Waals surface area contributed by atoms with E-state index in [4.69, 9.17) is 0 Å². The molecule has 0 N–H and O–H groups in total. The Labute approximate surface area is 186 Å². The molecule has 1 aromatic heterocycles. The van der Waals surface area contributed by atoms with Crippen LogP contribution in [0.2, 0.25) is 0 Å². The zero-order valence-electron chi connectivity index (χ0n) is 19.1. The highest BCUT2D eigenvalue weighted by Gasteiger charge is 2.33. The predicted molar refractivity (Wildman–Crippen MR) is 115 cm³/mol. The molecule has 6 nitrogen and oxygen atoms in total. The van der Waals surface area contributed by atoms with Crippen molar-refractivity contribution in [1.82, 2.24) is 19.6 Å². The van der Waals surface area contributed by atoms with E-state index in [1.165, 1.54) is 16.8 Å². The van der Waals surface area contributed by atoms with E-state index in [-0.39, 0.29) is 16.8 Å². The average molecular weight is 451 g/mol. The van der Waals surface area contributed by atoms with Crippen molar-refractivity contribution in [3.05, 3.63) is 46.8 Å². The molecule has 2 aromatic rings. The number of carbonyl (C=O) groups excluding carboxylic acids is 2. The fraction of sp³-hybridized carbons (Fsp3) is 0.522. The van der Waals surface area contributed by atoms with E-state index < -0.39 is 23.4 Å². The van der Waals surface area contributed by atoms with Gasteiger partial charge < -0.3 is 4.90 Å². The number of nitrogens with zero attached hydrogens (tertiary/aromatic N) is 4. The van der Waals surface area contributed by atoms with Gasteiger partial charge in [-0.05, 0) is 59.2 Å². The van der Waals surface area contributed by atoms with Gasteiger partial charge in [0.15, 0.2) is 0 Å². The first kappa shape index (κ1) is 24.0. The molecule has 3 rings (SSSR count). The van der Waals surface area contributed by atoms with Crippen LogP contribution in [0.15, 0.2) is 24.3 Å². The highest BCUT2D eigenvalue weighted by Crippen LogP contribution is 2.31. The summed E-state index contributed by atoms with van der Waals surface area (Å²) >= 11 is 0. The lowest BCUT2D eigenvalue weighted by Gasteiger charge is -2.34. The highest BCUT2D eigenvalue weighted by molar-refractivity contribution is 6.43. The SMILES string of the molecule is Cc1nn(-c2cccc(C(F)(F)F)c2)c(C)c1C(=O)C(=O)N1CCCN(C(C)(C)C)CC1. The molecule has 1 amide bonds. The molecule has 1 aromatic carbocycles. The van der Waals surface area contributed by atoms with E-state index in [1.54, 1.807) is 18.7 Å². The Kier molecular flexibility index (Phi) is 6.51. The fourth-order valence-corrected chi connectivity index (χ4v) is 4.08. The van der Waals surface area contributed by atoms with E-state index in [0.29, 0.717) is 31.0 Å². The highest BCUT2D eigenvalue weighted by atomic mass is 19.4. The van der Waals surface area contributed by atoms with Gasteiger partial charge in [-0.2, -0.15) is 18.3 Å². The van der Waals surface area contributed by atoms with Gasteiger partial charge in [0.2, 0.25) is 0 Å². The molecule has 0 unspecified atom stereocenters. The zero-order chi connectivity index (χ0) is 23.8. The van der Waals surface area contributed by atoms with Gasteiger partial charge in [-0.15, -0.1) is 0 Å². The van der Waals surface area contributed by atoms with Crippen LogP contribution >= 0.6 is 0 Å². The number of hydrogen-bond donors (Lipinski definition) is 0. The molecule has 1 fully saturated rings. The van der Waals surface area contributed by atoms with Crippen LogP contribution in [-0.4, -0.2) is 63.0 Å². The number of alkyl halides is 3. The van der Waals surface area contributed by atoms with Crippen molar-refractivity contribution in [3.63, 3.8) is 0 Å². The monoisotopic (exact) mass is 450 g/mol. The Morgan fingerprint density at radius 1 is 1.00 bits per heavy atom. The van der Waals surface area contributed by atoms with Crippen LogP contribution in [0.25, 0.3) is 5.69 Å². The average Bonchev–Trinajstić information content (AvgIpc) is 2.87. The Balaban J connectivity index is 1.86. The molecule has 0 saturated carbocycles. The molecule has 0 atom stereocenters. The Bertz CT molecular complexity index is 1020. The van der Waals surface area contributed by atoms with Gasteiger partial charge in [0.1, 0.15) is 0 Å². The molecule has 0 aliphatic carbocycles. The fourth-order valence-electron chi connectivity index (χ4n) is 4.08. The largest absolute Gasteiger partial charge is 0.416 e. The quantitative estimate of drug-likeness (QED) is 0.524. The van der Waals surface area contributed by atoms with E-state index in [1.807, 2.05) is 0 Å². The second-order valence-corrected chi connectivity index (χ2v) is 9.14. The molecule has 9 heteroatoms. The summed E-state index contributed by atoms with van der Waals surface area (Å²) in [5.74, 6) is -1.28. The molecule has 174 valence electrons. The molecule has 0 spiro atoms. The van der Waals surface area contributed by atoms with E-state index >= 15 is 0 Å². The van der Waals surface area contributed by atoms with Gasteiger partial charge in [-0.3, -0.25) is 14.5 Å². The molecule has 1 aliphatic rings. The second-order valence-electron chi connectivity index (χ2n) is 9.14. The summed E-state index contributed by atoms with van der Waals surface area (Å²) in [4.78, 5) is 30.0. The van der Waals surface area contributed by atoms with Crippen molar-refractivity contribution in [2.75, 3.05) is 26.2 Å². The summed E-state index contributed by atoms with van der Waals surface area (Å²) in [6, 6.07) is 4.73. The number of aryl methyl sites for hydroxylation is 1. The normalized spacial score (nSPS) is 16.2. The molecule has 32 heavy (non-hydrogen) atoms. The number of amides is 1. The van der Waals surface area contributed by atoms with Crippen LogP contribution in [0.5, 0.6) is 0 Å². The lowest BCUT2D eigenvalue weighted by molar-refractivity contribution is -0.137. The van der Waals surface area contributed by atoms with Gasteiger partial charge >= 0.3 is 6.18 Å². The maximum Gasteiger partial charge on any atom is 0.416 e. The first-order chi connectivity index (χ1) is 14.8. The summed E-state index contributed by atoms with van der Waals surface area (Å²) in [6.45, 7) is 12.0. The number of ketones is 1. The first-order valence-electron chi connectivity index (χ1n) is 10.6. The Morgan fingerprint density at radius 2 is 1.69 bits per heavy atom. The minimum Gasteiger partial charge on any atom is -0.334 e. The van der Waals surface area contributed by atoms with Crippen molar-refractivity contribution in [2.24, 2.45) is 0 Å². The summed E-state index contributed by atoms with van der Waals surface area (Å²) in [5.41, 5.74) is 0.143. The molecule has 0 bridgehead atoms. The molecule has 2 heterocycles. The van der Waals surface area contributed by atoms with Crippen LogP contribution < -0.4 is 0 Å². The van der Waals surface area contributed by atoms with Gasteiger partial charge in [0, 0.05) is 31.7 Å². The lowest BCUT2D eigenvalue weighted by Crippen LogP contribution is -2.44. The Hall–Kier alpha value is -2.68. The summed E-state index contributed by atoms with van der Waals surface area (Å²) in [5, 5.41) is 4.26. The van der Waals surface area contributed by atoms with Gasteiger partial charge in [-0.1, -0.05) is 6.07 Å². The summed E-state index contributed by atoms with van der Waals surface area (Å²) < 4.78 is 40.6. The number of aromatic nitrogens is 2. The summed E-state index contributed by atoms with van der Waals surface area (Å²) in [6.07, 6.45) is -3.73. The maximum absolute atomic E-state index is 13.1. The van der Waals surface area contributed by atoms with Crippen LogP contribution in [0.3, 0.4) is 0 Å². The van der Waals surface area contributed by atoms with Gasteiger partial charge in [0.25, 0.3) is 11.7 Å². The molecular weight excluding hydrogens is 421 g/mol. The molecule has 1 aliphatic heterocycles. The minimum atomic E-state index is -4.49. The number of hydrogen-bond acceptors (Lipinski definition) is 4. The lowest BCUT2D eigenvalue weighted by atomic mass is 10.1. The summed E-state index contributed by atoms with van der Waals surface area (Å²) in [7, 11) is 0. The number of Topliss-reactive ketones (excluding diaryl/α,β-unsaturated/α-hetero) is 1. The van der Waals surface area contributed by atoms with Gasteiger partial charge in [0.05, 0.1) is 28.2 Å². The second kappa shape index (κ2) is 8.69. The zero-order valence-corrected chi connectivity index (χ0v) is 19.1. The third kappa shape index (κ3) is 4.87. The van der Waals surface area contributed by atoms with Crippen molar-refractivity contribution in [3.8, 4) is 5.69 Å². The number of halogens is 3. The molecule has 0 radical (unpaired) electrons. The van der Waals surface area contributed by atoms with Crippen molar-refractivity contribution >= 4 is 11.7 Å². The number of carbonyl (C=O) groups is 2. The number of benzene rings is 1. The Morgan fingerprint density at radius 3 is 2.31 bits per heavy atom. The van der Waals surface area contributed by atoms with E-state index in [0.717, 1.165) is 25.1 Å². The molecule has 1 saturated heterocycles. The minimum absolute atomic E-state index is 0.0255. The van der Waals surface area contributed by atoms with Crippen LogP contribution in [-0.2, 0) is 11.0 Å². The standard InChI is InChI=1S/C23H29F3N4O2/c1-15-19(16(2)30(27-15)18-9-6-8-17(14-18)23(24,25)26)20(31)21(32)28-10-7-11-29(13-12-28)22(3,4)5/h6,8-9,14H,7,10-13H2,1-5H3. The smallest absolute Gasteiger partial charge is 0.334 e. The van der Waals surface area contributed by atoms with Crippen LogP contribution in [0.4, 0.5) is 13.2 Å². The topological polar surface area (TPSA) is 58.4 Å². The van der Waals surface area contributed by atoms with E-state index in [2.05, 4.69) is 30.8 Å².